The Morgan fingerprint density at radius 1 is 1.10 bits per heavy atom. The number of aromatic carboxylic acids is 1. The average molecular weight is 412 g/mol. The molecule has 0 bridgehead atoms. The first kappa shape index (κ1) is 20.6. The highest BCUT2D eigenvalue weighted by Crippen LogP contribution is 2.32. The molecule has 0 aliphatic carbocycles. The number of nitrogens with zero attached hydrogens (tertiary/aromatic N) is 1. The molecule has 2 aromatic rings. The molecule has 2 aromatic carbocycles. The van der Waals surface area contributed by atoms with Gasteiger partial charge in [-0.15, -0.1) is 0 Å². The maximum Gasteiger partial charge on any atom is 0.293 e. The van der Waals surface area contributed by atoms with Gasteiger partial charge in [-0.2, -0.15) is 0 Å². The lowest BCUT2D eigenvalue weighted by Crippen LogP contribution is -2.31. The van der Waals surface area contributed by atoms with E-state index in [1.54, 1.807) is 42.5 Å². The highest BCUT2D eigenvalue weighted by atomic mass is 32.2. The summed E-state index contributed by atoms with van der Waals surface area (Å²) in [5, 5.41) is 10.5. The minimum Gasteiger partial charge on any atom is -0.545 e. The Bertz CT molecular complexity index is 937. The van der Waals surface area contributed by atoms with Crippen molar-refractivity contribution < 1.29 is 29.0 Å². The first-order valence-corrected chi connectivity index (χ1v) is 9.57. The highest BCUT2D eigenvalue weighted by Gasteiger charge is 2.34. The zero-order valence-corrected chi connectivity index (χ0v) is 16.4. The first-order chi connectivity index (χ1) is 14.0. The lowest BCUT2D eigenvalue weighted by molar-refractivity contribution is -0.255. The van der Waals surface area contributed by atoms with E-state index in [0.717, 1.165) is 22.9 Å². The summed E-state index contributed by atoms with van der Waals surface area (Å²) in [4.78, 5) is 36.5. The van der Waals surface area contributed by atoms with Crippen LogP contribution in [-0.2, 0) is 16.1 Å². The number of carbonyl (C=O) groups excluding carboxylic acids is 3. The topological polar surface area (TPSA) is 96.0 Å². The highest BCUT2D eigenvalue weighted by molar-refractivity contribution is 8.18. The number of carbonyl (C=O) groups is 3. The van der Waals surface area contributed by atoms with E-state index < -0.39 is 5.97 Å². The van der Waals surface area contributed by atoms with Crippen molar-refractivity contribution in [2.45, 2.75) is 6.61 Å². The molecule has 0 unspecified atom stereocenters. The third-order valence-electron chi connectivity index (χ3n) is 4.17. The summed E-state index contributed by atoms with van der Waals surface area (Å²) in [6.07, 6.45) is 1.67. The third kappa shape index (κ3) is 5.24. The monoisotopic (exact) mass is 412 g/mol. The van der Waals surface area contributed by atoms with Crippen molar-refractivity contribution in [3.8, 4) is 5.75 Å². The van der Waals surface area contributed by atoms with E-state index in [1.165, 1.54) is 24.1 Å². The van der Waals surface area contributed by atoms with Gasteiger partial charge in [0.25, 0.3) is 11.1 Å². The van der Waals surface area contributed by atoms with E-state index in [2.05, 4.69) is 0 Å². The fourth-order valence-electron chi connectivity index (χ4n) is 2.59. The molecule has 0 saturated carbocycles. The van der Waals surface area contributed by atoms with Gasteiger partial charge in [-0.25, -0.2) is 0 Å². The summed E-state index contributed by atoms with van der Waals surface area (Å²) in [6, 6.07) is 13.4. The van der Waals surface area contributed by atoms with Crippen molar-refractivity contribution >= 4 is 35.0 Å². The quantitative estimate of drug-likeness (QED) is 0.614. The van der Waals surface area contributed by atoms with Crippen LogP contribution in [0.2, 0.25) is 0 Å². The van der Waals surface area contributed by atoms with E-state index in [1.807, 2.05) is 0 Å². The van der Waals surface area contributed by atoms with Gasteiger partial charge in [0, 0.05) is 7.11 Å². The molecular weight excluding hydrogens is 394 g/mol. The Hall–Kier alpha value is -3.10. The predicted molar refractivity (Wildman–Crippen MR) is 106 cm³/mol. The number of ether oxygens (including phenoxy) is 2. The molecule has 7 nitrogen and oxygen atoms in total. The van der Waals surface area contributed by atoms with Crippen molar-refractivity contribution in [1.82, 2.24) is 4.90 Å². The normalized spacial score (nSPS) is 15.2. The molecule has 1 fully saturated rings. The molecular formula is C21H18NO6S-. The van der Waals surface area contributed by atoms with E-state index in [-0.39, 0.29) is 29.9 Å². The first-order valence-electron chi connectivity index (χ1n) is 8.75. The zero-order valence-electron chi connectivity index (χ0n) is 15.6. The number of carboxylic acids is 1. The van der Waals surface area contributed by atoms with Gasteiger partial charge < -0.3 is 19.4 Å². The number of rotatable bonds is 8. The van der Waals surface area contributed by atoms with Crippen molar-refractivity contribution in [3.63, 3.8) is 0 Å². The molecule has 8 heteroatoms. The van der Waals surface area contributed by atoms with Crippen LogP contribution in [-0.4, -0.2) is 42.3 Å². The van der Waals surface area contributed by atoms with Crippen molar-refractivity contribution in [2.75, 3.05) is 20.3 Å². The molecule has 1 aliphatic heterocycles. The minimum atomic E-state index is -1.22. The molecule has 0 spiro atoms. The number of carboxylic acid groups (broad SMARTS) is 1. The van der Waals surface area contributed by atoms with Gasteiger partial charge in [0.05, 0.1) is 24.0 Å². The van der Waals surface area contributed by atoms with Gasteiger partial charge in [0.1, 0.15) is 12.4 Å². The lowest BCUT2D eigenvalue weighted by Gasteiger charge is -2.10. The van der Waals surface area contributed by atoms with Crippen LogP contribution in [0.4, 0.5) is 4.79 Å². The van der Waals surface area contributed by atoms with Gasteiger partial charge in [-0.1, -0.05) is 36.4 Å². The summed E-state index contributed by atoms with van der Waals surface area (Å²) in [5.74, 6) is -0.915. The van der Waals surface area contributed by atoms with Crippen LogP contribution in [0.3, 0.4) is 0 Å². The maximum absolute atomic E-state index is 12.3. The van der Waals surface area contributed by atoms with Crippen LogP contribution in [0.1, 0.15) is 21.5 Å². The van der Waals surface area contributed by atoms with E-state index >= 15 is 0 Å². The predicted octanol–water partition coefficient (Wildman–Crippen LogP) is 2.31. The van der Waals surface area contributed by atoms with Gasteiger partial charge in [0.2, 0.25) is 0 Å². The van der Waals surface area contributed by atoms with E-state index in [9.17, 15) is 19.5 Å². The number of thioether (sulfide) groups is 1. The van der Waals surface area contributed by atoms with Crippen LogP contribution in [0.5, 0.6) is 5.75 Å². The number of amides is 2. The molecule has 1 saturated heterocycles. The standard InChI is InChI=1S/C21H19NO6S/c1-27-11-10-22-19(23)18(29-21(22)26)12-14-4-8-17(9-5-14)28-13-15-2-6-16(7-3-15)20(24)25/h2-9,12H,10-11,13H2,1H3,(H,24,25)/p-1/b18-12+. The third-order valence-corrected chi connectivity index (χ3v) is 5.07. The zero-order chi connectivity index (χ0) is 20.8. The summed E-state index contributed by atoms with van der Waals surface area (Å²) >= 11 is 0.907. The molecule has 150 valence electrons. The fourth-order valence-corrected chi connectivity index (χ4v) is 3.46. The van der Waals surface area contributed by atoms with Crippen molar-refractivity contribution in [2.24, 2.45) is 0 Å². The molecule has 0 radical (unpaired) electrons. The van der Waals surface area contributed by atoms with E-state index in [0.29, 0.717) is 17.3 Å². The fraction of sp³-hybridized carbons (Fsp3) is 0.190. The molecule has 0 N–H and O–H groups in total. The number of methoxy groups -OCH3 is 1. The maximum atomic E-state index is 12.3. The van der Waals surface area contributed by atoms with Crippen LogP contribution < -0.4 is 9.84 Å². The van der Waals surface area contributed by atoms with E-state index in [4.69, 9.17) is 9.47 Å². The second kappa shape index (κ2) is 9.40. The summed E-state index contributed by atoms with van der Waals surface area (Å²) in [5.41, 5.74) is 1.71. The average Bonchev–Trinajstić information content (AvgIpc) is 2.98. The molecule has 0 aromatic heterocycles. The second-order valence-electron chi connectivity index (χ2n) is 6.17. The van der Waals surface area contributed by atoms with Crippen LogP contribution in [0, 0.1) is 0 Å². The van der Waals surface area contributed by atoms with Crippen LogP contribution in [0.15, 0.2) is 53.4 Å². The van der Waals surface area contributed by atoms with Gasteiger partial charge in [0.15, 0.2) is 0 Å². The Morgan fingerprint density at radius 3 is 2.41 bits per heavy atom. The molecule has 3 rings (SSSR count). The minimum absolute atomic E-state index is 0.115. The van der Waals surface area contributed by atoms with Crippen molar-refractivity contribution in [3.05, 3.63) is 70.1 Å². The number of benzene rings is 2. The molecule has 0 atom stereocenters. The van der Waals surface area contributed by atoms with Gasteiger partial charge >= 0.3 is 0 Å². The molecule has 1 aliphatic rings. The molecule has 2 amide bonds. The smallest absolute Gasteiger partial charge is 0.293 e. The van der Waals surface area contributed by atoms with Crippen molar-refractivity contribution in [1.29, 1.82) is 0 Å². The lowest BCUT2D eigenvalue weighted by atomic mass is 10.1. The summed E-state index contributed by atoms with van der Waals surface area (Å²) in [6.45, 7) is 0.813. The molecule has 29 heavy (non-hydrogen) atoms. The van der Waals surface area contributed by atoms with Crippen LogP contribution in [0.25, 0.3) is 6.08 Å². The molecule has 1 heterocycles. The summed E-state index contributed by atoms with van der Waals surface area (Å²) < 4.78 is 10.6. The number of hydrogen-bond acceptors (Lipinski definition) is 7. The van der Waals surface area contributed by atoms with Gasteiger partial charge in [-0.3, -0.25) is 14.5 Å². The summed E-state index contributed by atoms with van der Waals surface area (Å²) in [7, 11) is 1.51. The SMILES string of the molecule is COCCN1C(=O)S/C(=C/c2ccc(OCc3ccc(C(=O)[O-])cc3)cc2)C1=O. The largest absolute Gasteiger partial charge is 0.545 e. The Labute approximate surface area is 171 Å². The number of hydrogen-bond donors (Lipinski definition) is 0. The Kier molecular flexibility index (Phi) is 6.69. The number of imide groups is 1. The van der Waals surface area contributed by atoms with Gasteiger partial charge in [-0.05, 0) is 46.7 Å². The van der Waals surface area contributed by atoms with Crippen LogP contribution >= 0.6 is 11.8 Å². The Morgan fingerprint density at radius 2 is 1.79 bits per heavy atom. The second-order valence-corrected chi connectivity index (χ2v) is 7.16. The Balaban J connectivity index is 1.60.